The number of thioether (sulfide) groups is 1. The van der Waals surface area contributed by atoms with Crippen molar-refractivity contribution < 1.29 is 0 Å². The fourth-order valence-corrected chi connectivity index (χ4v) is 3.29. The molecule has 70 valence electrons. The van der Waals surface area contributed by atoms with Crippen molar-refractivity contribution in [2.45, 2.75) is 38.1 Å². The van der Waals surface area contributed by atoms with E-state index in [1.807, 2.05) is 0 Å². The summed E-state index contributed by atoms with van der Waals surface area (Å²) in [7, 11) is 0. The van der Waals surface area contributed by atoms with E-state index in [0.717, 1.165) is 11.8 Å². The summed E-state index contributed by atoms with van der Waals surface area (Å²) in [5.74, 6) is 4.62. The Balaban J connectivity index is 1.69. The van der Waals surface area contributed by atoms with E-state index in [-0.39, 0.29) is 0 Å². The van der Waals surface area contributed by atoms with Gasteiger partial charge >= 0.3 is 0 Å². The van der Waals surface area contributed by atoms with Gasteiger partial charge in [-0.3, -0.25) is 0 Å². The van der Waals surface area contributed by atoms with Crippen molar-refractivity contribution >= 4 is 11.8 Å². The van der Waals surface area contributed by atoms with Crippen molar-refractivity contribution in [3.05, 3.63) is 0 Å². The van der Waals surface area contributed by atoms with Crippen LogP contribution in [0.15, 0.2) is 0 Å². The summed E-state index contributed by atoms with van der Waals surface area (Å²) in [6.45, 7) is 0. The Bertz CT molecular complexity index is 139. The van der Waals surface area contributed by atoms with Gasteiger partial charge in [0.25, 0.3) is 0 Å². The first-order valence-electron chi connectivity index (χ1n) is 5.19. The molecular weight excluding hydrogens is 166 g/mol. The highest BCUT2D eigenvalue weighted by Crippen LogP contribution is 2.36. The van der Waals surface area contributed by atoms with Crippen molar-refractivity contribution in [1.82, 2.24) is 0 Å². The van der Waals surface area contributed by atoms with Crippen molar-refractivity contribution in [3.63, 3.8) is 0 Å². The summed E-state index contributed by atoms with van der Waals surface area (Å²) in [5.41, 5.74) is 6.10. The molecule has 0 bridgehead atoms. The van der Waals surface area contributed by atoms with Gasteiger partial charge in [0.15, 0.2) is 0 Å². The highest BCUT2D eigenvalue weighted by atomic mass is 32.2. The molecule has 1 heterocycles. The Morgan fingerprint density at radius 2 is 1.83 bits per heavy atom. The minimum absolute atomic E-state index is 0.540. The van der Waals surface area contributed by atoms with E-state index in [1.165, 1.54) is 43.6 Å². The van der Waals surface area contributed by atoms with Gasteiger partial charge in [-0.25, -0.2) is 0 Å². The number of rotatable bonds is 3. The molecule has 2 aliphatic rings. The van der Waals surface area contributed by atoms with Crippen LogP contribution >= 0.6 is 11.8 Å². The highest BCUT2D eigenvalue weighted by molar-refractivity contribution is 7.99. The zero-order chi connectivity index (χ0) is 8.39. The maximum absolute atomic E-state index is 6.10. The van der Waals surface area contributed by atoms with Gasteiger partial charge in [-0.15, -0.1) is 0 Å². The van der Waals surface area contributed by atoms with E-state index in [2.05, 4.69) is 11.8 Å². The lowest BCUT2D eigenvalue weighted by Gasteiger charge is -2.24. The van der Waals surface area contributed by atoms with E-state index >= 15 is 0 Å². The van der Waals surface area contributed by atoms with Crippen LogP contribution in [-0.2, 0) is 0 Å². The minimum Gasteiger partial charge on any atom is -0.327 e. The third-order valence-electron chi connectivity index (χ3n) is 3.17. The third kappa shape index (κ3) is 2.40. The molecule has 0 aromatic carbocycles. The first kappa shape index (κ1) is 8.89. The Morgan fingerprint density at radius 3 is 2.42 bits per heavy atom. The molecule has 2 N–H and O–H groups in total. The molecule has 0 radical (unpaired) electrons. The predicted molar refractivity (Wildman–Crippen MR) is 55.4 cm³/mol. The fourth-order valence-electron chi connectivity index (χ4n) is 2.08. The summed E-state index contributed by atoms with van der Waals surface area (Å²) < 4.78 is 0. The Kier molecular flexibility index (Phi) is 2.97. The molecule has 1 atom stereocenters. The van der Waals surface area contributed by atoms with Gasteiger partial charge in [0.2, 0.25) is 0 Å². The van der Waals surface area contributed by atoms with Crippen molar-refractivity contribution in [2.24, 2.45) is 17.6 Å². The van der Waals surface area contributed by atoms with Crippen LogP contribution in [-0.4, -0.2) is 17.5 Å². The molecule has 1 saturated carbocycles. The topological polar surface area (TPSA) is 26.0 Å². The van der Waals surface area contributed by atoms with Crippen molar-refractivity contribution in [2.75, 3.05) is 11.5 Å². The van der Waals surface area contributed by atoms with Gasteiger partial charge in [-0.05, 0) is 55.4 Å². The van der Waals surface area contributed by atoms with Gasteiger partial charge in [0.05, 0.1) is 0 Å². The van der Waals surface area contributed by atoms with E-state index in [4.69, 9.17) is 5.73 Å². The largest absolute Gasteiger partial charge is 0.327 e. The van der Waals surface area contributed by atoms with E-state index in [0.29, 0.717) is 6.04 Å². The zero-order valence-electron chi connectivity index (χ0n) is 7.67. The standard InChI is InChI=1S/C10H19NS/c11-10(9-1-2-9)7-8-3-5-12-6-4-8/h8-10H,1-7,11H2. The van der Waals surface area contributed by atoms with Crippen LogP contribution in [0, 0.1) is 11.8 Å². The Labute approximate surface area is 79.5 Å². The summed E-state index contributed by atoms with van der Waals surface area (Å²) in [5, 5.41) is 0. The Hall–Kier alpha value is 0.310. The minimum atomic E-state index is 0.540. The van der Waals surface area contributed by atoms with Crippen LogP contribution in [0.3, 0.4) is 0 Å². The lowest BCUT2D eigenvalue weighted by molar-refractivity contribution is 0.387. The second-order valence-electron chi connectivity index (χ2n) is 4.29. The summed E-state index contributed by atoms with van der Waals surface area (Å²) in [4.78, 5) is 0. The van der Waals surface area contributed by atoms with Crippen LogP contribution in [0.2, 0.25) is 0 Å². The molecule has 1 unspecified atom stereocenters. The van der Waals surface area contributed by atoms with Gasteiger partial charge in [-0.2, -0.15) is 11.8 Å². The van der Waals surface area contributed by atoms with E-state index in [9.17, 15) is 0 Å². The van der Waals surface area contributed by atoms with Gasteiger partial charge in [0, 0.05) is 6.04 Å². The van der Waals surface area contributed by atoms with Crippen LogP contribution in [0.4, 0.5) is 0 Å². The van der Waals surface area contributed by atoms with Crippen LogP contribution in [0.1, 0.15) is 32.1 Å². The average Bonchev–Trinajstić information content (AvgIpc) is 2.88. The Morgan fingerprint density at radius 1 is 1.17 bits per heavy atom. The fraction of sp³-hybridized carbons (Fsp3) is 1.00. The highest BCUT2D eigenvalue weighted by Gasteiger charge is 2.30. The molecule has 0 amide bonds. The number of hydrogen-bond donors (Lipinski definition) is 1. The second-order valence-corrected chi connectivity index (χ2v) is 5.52. The smallest absolute Gasteiger partial charge is 0.00698 e. The summed E-state index contributed by atoms with van der Waals surface area (Å²) in [6, 6.07) is 0.540. The molecule has 0 aromatic rings. The second kappa shape index (κ2) is 4.01. The molecule has 2 fully saturated rings. The first-order valence-corrected chi connectivity index (χ1v) is 6.35. The van der Waals surface area contributed by atoms with Gasteiger partial charge in [0.1, 0.15) is 0 Å². The van der Waals surface area contributed by atoms with Crippen molar-refractivity contribution in [3.8, 4) is 0 Å². The average molecular weight is 185 g/mol. The SMILES string of the molecule is NC(CC1CCSCC1)C1CC1. The molecule has 1 nitrogen and oxygen atoms in total. The van der Waals surface area contributed by atoms with Crippen LogP contribution in [0.25, 0.3) is 0 Å². The molecule has 2 heteroatoms. The number of hydrogen-bond acceptors (Lipinski definition) is 2. The van der Waals surface area contributed by atoms with Crippen LogP contribution in [0.5, 0.6) is 0 Å². The quantitative estimate of drug-likeness (QED) is 0.730. The molecule has 1 saturated heterocycles. The van der Waals surface area contributed by atoms with Crippen LogP contribution < -0.4 is 5.73 Å². The molecule has 12 heavy (non-hydrogen) atoms. The summed E-state index contributed by atoms with van der Waals surface area (Å²) in [6.07, 6.45) is 6.96. The van der Waals surface area contributed by atoms with Gasteiger partial charge in [-0.1, -0.05) is 0 Å². The lowest BCUT2D eigenvalue weighted by Crippen LogP contribution is -2.27. The molecule has 0 aromatic heterocycles. The summed E-state index contributed by atoms with van der Waals surface area (Å²) >= 11 is 2.11. The zero-order valence-corrected chi connectivity index (χ0v) is 8.48. The maximum atomic E-state index is 6.10. The monoisotopic (exact) mass is 185 g/mol. The van der Waals surface area contributed by atoms with Gasteiger partial charge < -0.3 is 5.73 Å². The van der Waals surface area contributed by atoms with E-state index < -0.39 is 0 Å². The molecular formula is C10H19NS. The first-order chi connectivity index (χ1) is 5.86. The van der Waals surface area contributed by atoms with E-state index in [1.54, 1.807) is 0 Å². The number of nitrogens with two attached hydrogens (primary N) is 1. The van der Waals surface area contributed by atoms with Crippen molar-refractivity contribution in [1.29, 1.82) is 0 Å². The molecule has 2 rings (SSSR count). The lowest BCUT2D eigenvalue weighted by atomic mass is 9.93. The predicted octanol–water partition coefficient (Wildman–Crippen LogP) is 2.26. The molecule has 0 spiro atoms. The maximum Gasteiger partial charge on any atom is 0.00698 e. The third-order valence-corrected chi connectivity index (χ3v) is 4.22. The molecule has 1 aliphatic heterocycles. The normalized spacial score (nSPS) is 28.8. The molecule has 1 aliphatic carbocycles.